The molecule has 0 aromatic heterocycles. The van der Waals surface area contributed by atoms with E-state index in [-0.39, 0.29) is 18.9 Å². The zero-order chi connectivity index (χ0) is 14.9. The number of nitro groups is 1. The fourth-order valence-corrected chi connectivity index (χ4v) is 3.77. The summed E-state index contributed by atoms with van der Waals surface area (Å²) < 4.78 is 27.1. The Morgan fingerprint density at radius 1 is 1.45 bits per heavy atom. The van der Waals surface area contributed by atoms with E-state index < -0.39 is 31.6 Å². The number of hydrogen-bond donors (Lipinski definition) is 2. The van der Waals surface area contributed by atoms with Gasteiger partial charge in [-0.25, -0.2) is 13.1 Å². The Morgan fingerprint density at radius 2 is 2.15 bits per heavy atom. The van der Waals surface area contributed by atoms with Gasteiger partial charge < -0.3 is 5.32 Å². The largest absolute Gasteiger partial charge is 0.354 e. The van der Waals surface area contributed by atoms with Crippen LogP contribution in [0.5, 0.6) is 0 Å². The molecule has 0 radical (unpaired) electrons. The summed E-state index contributed by atoms with van der Waals surface area (Å²) in [6.07, 6.45) is 0.0149. The van der Waals surface area contributed by atoms with Crippen molar-refractivity contribution in [2.24, 2.45) is 0 Å². The summed E-state index contributed by atoms with van der Waals surface area (Å²) in [5, 5.41) is 13.4. The van der Waals surface area contributed by atoms with Crippen molar-refractivity contribution in [3.8, 4) is 0 Å². The van der Waals surface area contributed by atoms with Crippen LogP contribution in [0, 0.1) is 10.1 Å². The second kappa shape index (κ2) is 5.46. The molecule has 1 atom stereocenters. The summed E-state index contributed by atoms with van der Waals surface area (Å²) in [6.45, 7) is 0.167. The molecule has 1 aromatic carbocycles. The molecule has 0 aliphatic carbocycles. The summed E-state index contributed by atoms with van der Waals surface area (Å²) in [5.74, 6) is -0.263. The minimum Gasteiger partial charge on any atom is -0.354 e. The zero-order valence-electron chi connectivity index (χ0n) is 10.00. The summed E-state index contributed by atoms with van der Waals surface area (Å²) in [5.41, 5.74) is -0.516. The van der Waals surface area contributed by atoms with Crippen molar-refractivity contribution in [3.63, 3.8) is 0 Å². The van der Waals surface area contributed by atoms with Crippen molar-refractivity contribution in [2.45, 2.75) is 17.4 Å². The van der Waals surface area contributed by atoms with E-state index in [2.05, 4.69) is 26.0 Å². The predicted octanol–water partition coefficient (Wildman–Crippen LogP) is 0.524. The topological polar surface area (TPSA) is 118 Å². The van der Waals surface area contributed by atoms with Crippen molar-refractivity contribution in [1.82, 2.24) is 10.0 Å². The van der Waals surface area contributed by atoms with Crippen LogP contribution in [0.25, 0.3) is 0 Å². The van der Waals surface area contributed by atoms with Crippen molar-refractivity contribution >= 4 is 37.5 Å². The van der Waals surface area contributed by atoms with Crippen molar-refractivity contribution < 1.29 is 18.1 Å². The fraction of sp³-hybridized carbons (Fsp3) is 0.300. The standard InChI is InChI=1S/C10H10BrN3O5S/c11-6-1-2-8(14(16)17)9(3-6)20(18,19)13-7-4-10(15)12-5-7/h1-3,7,13H,4-5H2,(H,12,15). The number of sulfonamides is 1. The van der Waals surface area contributed by atoms with E-state index in [1.807, 2.05) is 0 Å². The van der Waals surface area contributed by atoms with Crippen LogP contribution < -0.4 is 10.0 Å². The monoisotopic (exact) mass is 363 g/mol. The van der Waals surface area contributed by atoms with Gasteiger partial charge in [-0.2, -0.15) is 0 Å². The molecule has 1 unspecified atom stereocenters. The average Bonchev–Trinajstić information content (AvgIpc) is 2.73. The Morgan fingerprint density at radius 3 is 2.70 bits per heavy atom. The highest BCUT2D eigenvalue weighted by molar-refractivity contribution is 9.10. The number of nitrogens with zero attached hydrogens (tertiary/aromatic N) is 1. The van der Waals surface area contributed by atoms with Gasteiger partial charge in [0.15, 0.2) is 4.90 Å². The van der Waals surface area contributed by atoms with E-state index >= 15 is 0 Å². The normalized spacial score (nSPS) is 18.9. The lowest BCUT2D eigenvalue weighted by molar-refractivity contribution is -0.387. The Kier molecular flexibility index (Phi) is 4.06. The minimum atomic E-state index is -4.08. The third kappa shape index (κ3) is 3.14. The molecule has 1 amide bonds. The quantitative estimate of drug-likeness (QED) is 0.597. The lowest BCUT2D eigenvalue weighted by Gasteiger charge is -2.11. The first-order chi connectivity index (χ1) is 9.29. The number of carbonyl (C=O) groups excluding carboxylic acids is 1. The summed E-state index contributed by atoms with van der Waals surface area (Å²) in [7, 11) is -4.08. The maximum Gasteiger partial charge on any atom is 0.289 e. The maximum absolute atomic E-state index is 12.2. The number of hydrogen-bond acceptors (Lipinski definition) is 5. The van der Waals surface area contributed by atoms with E-state index in [4.69, 9.17) is 0 Å². The Balaban J connectivity index is 2.36. The van der Waals surface area contributed by atoms with Crippen LogP contribution in [-0.2, 0) is 14.8 Å². The average molecular weight is 364 g/mol. The van der Waals surface area contributed by atoms with E-state index in [0.717, 1.165) is 12.1 Å². The number of nitrogens with one attached hydrogen (secondary N) is 2. The van der Waals surface area contributed by atoms with Crippen LogP contribution in [0.4, 0.5) is 5.69 Å². The molecule has 2 rings (SSSR count). The summed E-state index contributed by atoms with van der Waals surface area (Å²) >= 11 is 3.08. The molecule has 0 spiro atoms. The Labute approximate surface area is 122 Å². The number of rotatable bonds is 4. The molecule has 108 valence electrons. The summed E-state index contributed by atoms with van der Waals surface area (Å²) in [4.78, 5) is 20.7. The smallest absolute Gasteiger partial charge is 0.289 e. The SMILES string of the molecule is O=C1CC(NS(=O)(=O)c2cc(Br)ccc2[N+](=O)[O-])CN1. The molecular formula is C10H10BrN3O5S. The van der Waals surface area contributed by atoms with Crippen molar-refractivity contribution in [2.75, 3.05) is 6.54 Å². The molecule has 2 N–H and O–H groups in total. The van der Waals surface area contributed by atoms with E-state index in [1.165, 1.54) is 6.07 Å². The first-order valence-corrected chi connectivity index (χ1v) is 7.80. The van der Waals surface area contributed by atoms with Gasteiger partial charge in [0.05, 0.1) is 4.92 Å². The first kappa shape index (κ1) is 14.9. The van der Waals surface area contributed by atoms with Gasteiger partial charge in [0.1, 0.15) is 0 Å². The Bertz CT molecular complexity index is 675. The lowest BCUT2D eigenvalue weighted by Crippen LogP contribution is -2.36. The molecular weight excluding hydrogens is 354 g/mol. The lowest BCUT2D eigenvalue weighted by atomic mass is 10.3. The molecule has 8 nitrogen and oxygen atoms in total. The van der Waals surface area contributed by atoms with Gasteiger partial charge in [-0.1, -0.05) is 15.9 Å². The molecule has 1 aliphatic heterocycles. The number of nitro benzene ring substituents is 1. The fourth-order valence-electron chi connectivity index (χ4n) is 1.83. The second-order valence-corrected chi connectivity index (χ2v) is 6.79. The molecule has 1 aromatic rings. The molecule has 1 fully saturated rings. The highest BCUT2D eigenvalue weighted by Crippen LogP contribution is 2.27. The van der Waals surface area contributed by atoms with Gasteiger partial charge in [0.25, 0.3) is 5.69 Å². The number of halogens is 1. The number of amides is 1. The van der Waals surface area contributed by atoms with Gasteiger partial charge in [0.2, 0.25) is 15.9 Å². The highest BCUT2D eigenvalue weighted by atomic mass is 79.9. The van der Waals surface area contributed by atoms with Crippen LogP contribution in [0.3, 0.4) is 0 Å². The third-order valence-corrected chi connectivity index (χ3v) is 4.75. The minimum absolute atomic E-state index is 0.0149. The molecule has 20 heavy (non-hydrogen) atoms. The van der Waals surface area contributed by atoms with Gasteiger partial charge >= 0.3 is 0 Å². The Hall–Kier alpha value is -1.52. The van der Waals surface area contributed by atoms with E-state index in [1.54, 1.807) is 0 Å². The zero-order valence-corrected chi connectivity index (χ0v) is 12.4. The maximum atomic E-state index is 12.2. The molecule has 0 saturated carbocycles. The molecule has 10 heteroatoms. The van der Waals surface area contributed by atoms with Crippen molar-refractivity contribution in [3.05, 3.63) is 32.8 Å². The van der Waals surface area contributed by atoms with Crippen LogP contribution in [-0.4, -0.2) is 31.8 Å². The molecule has 1 heterocycles. The van der Waals surface area contributed by atoms with Gasteiger partial charge in [-0.05, 0) is 12.1 Å². The van der Waals surface area contributed by atoms with E-state index in [9.17, 15) is 23.3 Å². The first-order valence-electron chi connectivity index (χ1n) is 5.52. The molecule has 1 saturated heterocycles. The third-order valence-electron chi connectivity index (χ3n) is 2.71. The van der Waals surface area contributed by atoms with Crippen LogP contribution in [0.1, 0.15) is 6.42 Å². The highest BCUT2D eigenvalue weighted by Gasteiger charge is 2.31. The second-order valence-electron chi connectivity index (χ2n) is 4.20. The number of carbonyl (C=O) groups is 1. The van der Waals surface area contributed by atoms with Gasteiger partial charge in [-0.3, -0.25) is 14.9 Å². The van der Waals surface area contributed by atoms with Crippen molar-refractivity contribution in [1.29, 1.82) is 0 Å². The van der Waals surface area contributed by atoms with Gasteiger partial charge in [-0.15, -0.1) is 0 Å². The number of benzene rings is 1. The molecule has 1 aliphatic rings. The van der Waals surface area contributed by atoms with Gasteiger partial charge in [0, 0.05) is 29.5 Å². The molecule has 0 bridgehead atoms. The van der Waals surface area contributed by atoms with Crippen LogP contribution in [0.15, 0.2) is 27.6 Å². The van der Waals surface area contributed by atoms with E-state index in [0.29, 0.717) is 4.47 Å². The predicted molar refractivity (Wildman–Crippen MR) is 72.5 cm³/mol. The van der Waals surface area contributed by atoms with Crippen LogP contribution in [0.2, 0.25) is 0 Å². The van der Waals surface area contributed by atoms with Crippen LogP contribution >= 0.6 is 15.9 Å². The summed E-state index contributed by atoms with van der Waals surface area (Å²) in [6, 6.07) is 3.05.